The molecule has 0 aliphatic heterocycles. The van der Waals surface area contributed by atoms with E-state index < -0.39 is 20.0 Å². The Bertz CT molecular complexity index is 482. The van der Waals surface area contributed by atoms with Gasteiger partial charge in [-0.15, -0.1) is 6.42 Å². The van der Waals surface area contributed by atoms with Crippen molar-refractivity contribution in [2.75, 3.05) is 6.61 Å². The van der Waals surface area contributed by atoms with Gasteiger partial charge in [0.15, 0.2) is 8.32 Å². The number of allylic oxidation sites excluding steroid dienone is 2. The Labute approximate surface area is 149 Å². The Morgan fingerprint density at radius 1 is 1.33 bits per heavy atom. The van der Waals surface area contributed by atoms with Crippen LogP contribution in [-0.4, -0.2) is 36.8 Å². The molecular formula is C20H36O3Si. The Morgan fingerprint density at radius 3 is 2.42 bits per heavy atom. The molecule has 24 heavy (non-hydrogen) atoms. The number of terminal acetylenes is 1. The van der Waals surface area contributed by atoms with Gasteiger partial charge in [-0.2, -0.15) is 0 Å². The first-order valence-electron chi connectivity index (χ1n) is 9.00. The fourth-order valence-corrected chi connectivity index (χ4v) is 3.95. The molecule has 3 nitrogen and oxygen atoms in total. The van der Waals surface area contributed by atoms with Crippen molar-refractivity contribution in [1.29, 1.82) is 0 Å². The van der Waals surface area contributed by atoms with E-state index in [0.29, 0.717) is 24.9 Å². The van der Waals surface area contributed by atoms with Crippen molar-refractivity contribution in [2.45, 2.75) is 77.3 Å². The van der Waals surface area contributed by atoms with Crippen LogP contribution in [0, 0.1) is 30.1 Å². The monoisotopic (exact) mass is 352 g/mol. The normalized spacial score (nSPS) is 28.9. The van der Waals surface area contributed by atoms with Crippen molar-refractivity contribution in [3.63, 3.8) is 0 Å². The average molecular weight is 353 g/mol. The van der Waals surface area contributed by atoms with Gasteiger partial charge >= 0.3 is 0 Å². The molecule has 0 saturated carbocycles. The smallest absolute Gasteiger partial charge is 0.191 e. The third-order valence-electron chi connectivity index (χ3n) is 6.07. The molecule has 0 saturated heterocycles. The summed E-state index contributed by atoms with van der Waals surface area (Å²) in [7, 11) is -1.80. The molecule has 2 N–H and O–H groups in total. The van der Waals surface area contributed by atoms with Gasteiger partial charge in [0.1, 0.15) is 5.60 Å². The average Bonchev–Trinajstić information content (AvgIpc) is 2.45. The third kappa shape index (κ3) is 5.19. The van der Waals surface area contributed by atoms with Crippen LogP contribution < -0.4 is 0 Å². The van der Waals surface area contributed by atoms with Gasteiger partial charge in [-0.05, 0) is 55.7 Å². The summed E-state index contributed by atoms with van der Waals surface area (Å²) >= 11 is 0. The number of hydrogen-bond donors (Lipinski definition) is 2. The lowest BCUT2D eigenvalue weighted by Gasteiger charge is -2.41. The van der Waals surface area contributed by atoms with Gasteiger partial charge in [0.05, 0.1) is 6.10 Å². The van der Waals surface area contributed by atoms with Crippen molar-refractivity contribution in [1.82, 2.24) is 0 Å². The molecule has 0 bridgehead atoms. The molecule has 1 aliphatic carbocycles. The minimum Gasteiger partial charge on any atom is -0.417 e. The predicted octanol–water partition coefficient (Wildman–Crippen LogP) is 3.97. The maximum Gasteiger partial charge on any atom is 0.191 e. The first-order chi connectivity index (χ1) is 10.8. The number of aliphatic hydroxyl groups is 2. The van der Waals surface area contributed by atoms with Crippen LogP contribution in [0.5, 0.6) is 0 Å². The second-order valence-electron chi connectivity index (χ2n) is 9.06. The van der Waals surface area contributed by atoms with Crippen molar-refractivity contribution in [3.05, 3.63) is 12.2 Å². The molecular weight excluding hydrogens is 316 g/mol. The molecule has 5 atom stereocenters. The molecule has 0 unspecified atom stereocenters. The summed E-state index contributed by atoms with van der Waals surface area (Å²) in [6, 6.07) is 0. The van der Waals surface area contributed by atoms with Crippen molar-refractivity contribution in [3.8, 4) is 12.3 Å². The third-order valence-corrected chi connectivity index (χ3v) is 10.6. The topological polar surface area (TPSA) is 49.7 Å². The van der Waals surface area contributed by atoms with Crippen molar-refractivity contribution >= 4 is 8.32 Å². The quantitative estimate of drug-likeness (QED) is 0.432. The number of hydrogen-bond acceptors (Lipinski definition) is 3. The van der Waals surface area contributed by atoms with E-state index in [4.69, 9.17) is 10.8 Å². The first kappa shape index (κ1) is 21.4. The fourth-order valence-electron chi connectivity index (χ4n) is 2.91. The molecule has 1 rings (SSSR count). The lowest BCUT2D eigenvalue weighted by molar-refractivity contribution is -0.0396. The molecule has 0 amide bonds. The highest BCUT2D eigenvalue weighted by atomic mass is 28.4. The highest BCUT2D eigenvalue weighted by Gasteiger charge is 2.40. The van der Waals surface area contributed by atoms with Crippen LogP contribution >= 0.6 is 0 Å². The van der Waals surface area contributed by atoms with Gasteiger partial charge in [0, 0.05) is 6.61 Å². The summed E-state index contributed by atoms with van der Waals surface area (Å²) in [5.74, 6) is 3.30. The minimum atomic E-state index is -1.80. The minimum absolute atomic E-state index is 0.183. The standard InChI is InChI=1S/C20H36O3Si/c1-9-20(6,22)18(21)13-16-12-10-11-15(2)17(16)14-23-24(7,8)19(3,4)5/h1,10-11,15-18,21-22H,12-14H2,2-8H3/t15-,16-,17-,18+,20-/m1/s1. The Hall–Kier alpha value is -0.603. The van der Waals surface area contributed by atoms with Crippen LogP contribution in [0.15, 0.2) is 12.2 Å². The van der Waals surface area contributed by atoms with E-state index in [2.05, 4.69) is 58.9 Å². The first-order valence-corrected chi connectivity index (χ1v) is 11.9. The second-order valence-corrected chi connectivity index (χ2v) is 13.9. The summed E-state index contributed by atoms with van der Waals surface area (Å²) in [5.41, 5.74) is -1.48. The molecule has 0 aromatic carbocycles. The van der Waals surface area contributed by atoms with Crippen LogP contribution in [0.3, 0.4) is 0 Å². The molecule has 0 spiro atoms. The van der Waals surface area contributed by atoms with E-state index in [1.54, 1.807) is 0 Å². The SMILES string of the molecule is C#C[C@@](C)(O)[C@@H](O)C[C@H]1CC=C[C@@H](C)[C@H]1CO[Si](C)(C)C(C)(C)C. The fraction of sp³-hybridized carbons (Fsp3) is 0.800. The maximum atomic E-state index is 10.3. The van der Waals surface area contributed by atoms with Gasteiger partial charge < -0.3 is 14.6 Å². The molecule has 138 valence electrons. The van der Waals surface area contributed by atoms with E-state index in [-0.39, 0.29) is 11.0 Å². The summed E-state index contributed by atoms with van der Waals surface area (Å²) in [6.45, 7) is 15.7. The predicted molar refractivity (Wildman–Crippen MR) is 103 cm³/mol. The maximum absolute atomic E-state index is 10.3. The molecule has 0 fully saturated rings. The molecule has 1 aliphatic rings. The van der Waals surface area contributed by atoms with E-state index in [1.807, 2.05) is 0 Å². The van der Waals surface area contributed by atoms with E-state index in [9.17, 15) is 10.2 Å². The largest absolute Gasteiger partial charge is 0.417 e. The van der Waals surface area contributed by atoms with E-state index in [1.165, 1.54) is 6.92 Å². The zero-order valence-electron chi connectivity index (χ0n) is 16.5. The highest BCUT2D eigenvalue weighted by Crippen LogP contribution is 2.40. The lowest BCUT2D eigenvalue weighted by atomic mass is 9.73. The number of aliphatic hydroxyl groups excluding tert-OH is 1. The zero-order chi connectivity index (χ0) is 18.8. The summed E-state index contributed by atoms with van der Waals surface area (Å²) < 4.78 is 6.45. The van der Waals surface area contributed by atoms with E-state index in [0.717, 1.165) is 6.42 Å². The summed E-state index contributed by atoms with van der Waals surface area (Å²) in [5, 5.41) is 20.6. The molecule has 4 heteroatoms. The molecule has 0 radical (unpaired) electrons. The van der Waals surface area contributed by atoms with Crippen molar-refractivity contribution in [2.24, 2.45) is 17.8 Å². The van der Waals surface area contributed by atoms with E-state index >= 15 is 0 Å². The summed E-state index contributed by atoms with van der Waals surface area (Å²) in [6.07, 6.45) is 10.2. The Morgan fingerprint density at radius 2 is 1.92 bits per heavy atom. The second kappa shape index (κ2) is 7.74. The molecule has 0 aromatic rings. The van der Waals surface area contributed by atoms with Gasteiger partial charge in [-0.25, -0.2) is 0 Å². The van der Waals surface area contributed by atoms with Crippen LogP contribution in [-0.2, 0) is 4.43 Å². The van der Waals surface area contributed by atoms with Crippen LogP contribution in [0.2, 0.25) is 18.1 Å². The Balaban J connectivity index is 2.82. The lowest BCUT2D eigenvalue weighted by Crippen LogP contribution is -2.45. The van der Waals surface area contributed by atoms with Gasteiger partial charge in [-0.1, -0.05) is 45.8 Å². The molecule has 0 heterocycles. The van der Waals surface area contributed by atoms with Crippen molar-refractivity contribution < 1.29 is 14.6 Å². The van der Waals surface area contributed by atoms with Crippen LogP contribution in [0.4, 0.5) is 0 Å². The molecule has 0 aromatic heterocycles. The number of rotatable bonds is 6. The van der Waals surface area contributed by atoms with Gasteiger partial charge in [-0.3, -0.25) is 0 Å². The Kier molecular flexibility index (Phi) is 6.91. The zero-order valence-corrected chi connectivity index (χ0v) is 17.5. The highest BCUT2D eigenvalue weighted by molar-refractivity contribution is 6.74. The summed E-state index contributed by atoms with van der Waals surface area (Å²) in [4.78, 5) is 0. The van der Waals surface area contributed by atoms with Gasteiger partial charge in [0.25, 0.3) is 0 Å². The van der Waals surface area contributed by atoms with Crippen LogP contribution in [0.1, 0.15) is 47.5 Å². The van der Waals surface area contributed by atoms with Gasteiger partial charge in [0.2, 0.25) is 0 Å². The van der Waals surface area contributed by atoms with Crippen LogP contribution in [0.25, 0.3) is 0 Å².